The summed E-state index contributed by atoms with van der Waals surface area (Å²) in [7, 11) is 0. The molecule has 4 rings (SSSR count). The molecule has 26 nitrogen and oxygen atoms in total. The summed E-state index contributed by atoms with van der Waals surface area (Å²) in [4.78, 5) is 82.0. The average Bonchev–Trinajstić information content (AvgIpc) is 3.24. The first-order chi connectivity index (χ1) is 31.2. The van der Waals surface area contributed by atoms with Crippen LogP contribution in [-0.2, 0) is 51.0 Å². The minimum absolute atomic E-state index is 0.248. The van der Waals surface area contributed by atoms with E-state index in [0.717, 1.165) is 37.1 Å². The summed E-state index contributed by atoms with van der Waals surface area (Å²) in [5, 5.41) is 70.2. The van der Waals surface area contributed by atoms with Crippen LogP contribution in [0, 0.1) is 0 Å². The lowest BCUT2D eigenvalue weighted by Gasteiger charge is -2.39. The number of hydrogen-bond donors (Lipinski definition) is 14. The van der Waals surface area contributed by atoms with E-state index in [1.165, 1.54) is 0 Å². The van der Waals surface area contributed by atoms with Crippen LogP contribution in [0.1, 0.15) is 25.0 Å². The molecule has 18 N–H and O–H groups in total. The van der Waals surface area contributed by atoms with E-state index in [-0.39, 0.29) is 11.4 Å². The largest absolute Gasteiger partial charge is 0.477 e. The van der Waals surface area contributed by atoms with E-state index in [4.69, 9.17) is 41.9 Å². The van der Waals surface area contributed by atoms with E-state index in [2.05, 4.69) is 31.3 Å². The van der Waals surface area contributed by atoms with Gasteiger partial charge in [-0.25, -0.2) is 29.2 Å². The number of nitrogens with zero attached hydrogens (tertiary/aromatic N) is 2. The van der Waals surface area contributed by atoms with E-state index in [1.54, 1.807) is 48.5 Å². The lowest BCUT2D eigenvalue weighted by Crippen LogP contribution is -2.61. The number of guanidine groups is 2. The number of carboxylic acids is 2. The monoisotopic (exact) mass is 928 g/mol. The Morgan fingerprint density at radius 1 is 0.621 bits per heavy atom. The molecule has 0 spiro atoms. The smallest absolute Gasteiger partial charge is 0.412 e. The lowest BCUT2D eigenvalue weighted by molar-refractivity contribution is -0.146. The Bertz CT molecular complexity index is 2040. The Labute approximate surface area is 375 Å². The molecule has 2 aromatic rings. The molecule has 0 aliphatic carbocycles. The number of aliphatic hydroxyl groups is 4. The van der Waals surface area contributed by atoms with Crippen LogP contribution in [0.4, 0.5) is 21.0 Å². The standard InChI is InChI=1S/C40H52N10O16/c1-17(53)45-29-23(49-37(41)42)13-27(35(57)58)63-33(29)31(25(55)15-51)65-39(61)47-21-9-5-19(6-10-21)3-4-20-7-11-22(12-8-20)48-40(62)66-32(26(56)16-52)34-30(46-18(2)54)24(50-38(43)44)14-28(64-34)36(59)60/h5-14,23-26,29-34,51-52,55-56H,3-4,15-16H2,1-2H3,(H,45,53)(H,46,54)(H,47,61)(H,48,62)(H,57,58)(H,59,60)(H4,41,42,49)(H4,43,44,50)/t23-,24-,25+,26+,29+,30+,31+,32+,33+,34+/m0/s1. The molecule has 4 amide bonds. The summed E-state index contributed by atoms with van der Waals surface area (Å²) in [6.45, 7) is 0.373. The number of hydrogen-bond acceptors (Lipinski definition) is 16. The summed E-state index contributed by atoms with van der Waals surface area (Å²) in [5.41, 5.74) is 24.2. The third-order valence-corrected chi connectivity index (χ3v) is 9.74. The van der Waals surface area contributed by atoms with Crippen molar-refractivity contribution in [3.8, 4) is 0 Å². The van der Waals surface area contributed by atoms with Crippen LogP contribution in [0.3, 0.4) is 0 Å². The van der Waals surface area contributed by atoms with Gasteiger partial charge >= 0.3 is 24.1 Å². The van der Waals surface area contributed by atoms with Crippen molar-refractivity contribution in [3.63, 3.8) is 0 Å². The van der Waals surface area contributed by atoms with Crippen molar-refractivity contribution in [2.45, 2.75) is 87.5 Å². The van der Waals surface area contributed by atoms with Crippen LogP contribution >= 0.6 is 0 Å². The van der Waals surface area contributed by atoms with E-state index in [1.807, 2.05) is 0 Å². The predicted octanol–water partition coefficient (Wildman–Crippen LogP) is -2.96. The maximum atomic E-state index is 13.1. The van der Waals surface area contributed by atoms with Gasteiger partial charge in [0.15, 0.2) is 36.3 Å². The van der Waals surface area contributed by atoms with E-state index >= 15 is 0 Å². The van der Waals surface area contributed by atoms with Crippen LogP contribution in [0.2, 0.25) is 0 Å². The molecule has 0 fully saturated rings. The lowest BCUT2D eigenvalue weighted by atomic mass is 9.92. The number of nitrogens with one attached hydrogen (secondary N) is 4. The number of aliphatic hydroxyl groups excluding tert-OH is 4. The highest BCUT2D eigenvalue weighted by atomic mass is 16.6. The van der Waals surface area contributed by atoms with Crippen LogP contribution in [0.5, 0.6) is 0 Å². The number of aryl methyl sites for hydroxylation is 2. The summed E-state index contributed by atoms with van der Waals surface area (Å²) < 4.78 is 21.9. The maximum absolute atomic E-state index is 13.1. The van der Waals surface area contributed by atoms with E-state index < -0.39 is 133 Å². The number of carbonyl (C=O) groups excluding carboxylic acids is 4. The molecule has 66 heavy (non-hydrogen) atoms. The van der Waals surface area contributed by atoms with Crippen molar-refractivity contribution in [1.29, 1.82) is 0 Å². The number of carboxylic acid groups (broad SMARTS) is 2. The van der Waals surface area contributed by atoms with Crippen molar-refractivity contribution >= 4 is 59.2 Å². The number of anilines is 2. The van der Waals surface area contributed by atoms with Gasteiger partial charge in [-0.2, -0.15) is 0 Å². The van der Waals surface area contributed by atoms with Gasteiger partial charge in [0.25, 0.3) is 0 Å². The minimum Gasteiger partial charge on any atom is -0.477 e. The van der Waals surface area contributed by atoms with Gasteiger partial charge in [0.05, 0.1) is 37.4 Å². The summed E-state index contributed by atoms with van der Waals surface area (Å²) >= 11 is 0. The fourth-order valence-corrected chi connectivity index (χ4v) is 6.87. The van der Waals surface area contributed by atoms with Gasteiger partial charge in [-0.1, -0.05) is 24.3 Å². The molecule has 2 aliphatic rings. The van der Waals surface area contributed by atoms with Crippen molar-refractivity contribution in [2.24, 2.45) is 32.9 Å². The quantitative estimate of drug-likeness (QED) is 0.0494. The van der Waals surface area contributed by atoms with Crippen molar-refractivity contribution in [1.82, 2.24) is 10.6 Å². The summed E-state index contributed by atoms with van der Waals surface area (Å²) in [6, 6.07) is 8.06. The molecule has 0 unspecified atom stereocenters. The molecule has 358 valence electrons. The Hall–Kier alpha value is -7.68. The second kappa shape index (κ2) is 23.3. The van der Waals surface area contributed by atoms with Gasteiger partial charge in [0.2, 0.25) is 23.3 Å². The van der Waals surface area contributed by atoms with Crippen molar-refractivity contribution < 1.29 is 78.4 Å². The Kier molecular flexibility index (Phi) is 18.0. The number of carbonyl (C=O) groups is 6. The molecule has 2 aromatic carbocycles. The average molecular weight is 929 g/mol. The highest BCUT2D eigenvalue weighted by Crippen LogP contribution is 2.29. The summed E-state index contributed by atoms with van der Waals surface area (Å²) in [5.74, 6) is -6.63. The number of aliphatic imine (C=N–C) groups is 2. The molecule has 10 atom stereocenters. The first-order valence-corrected chi connectivity index (χ1v) is 19.9. The zero-order valence-electron chi connectivity index (χ0n) is 35.3. The van der Waals surface area contributed by atoms with Gasteiger partial charge in [-0.15, -0.1) is 0 Å². The second-order valence-electron chi connectivity index (χ2n) is 14.8. The number of aliphatic carboxylic acids is 2. The normalized spacial score (nSPS) is 21.7. The van der Waals surface area contributed by atoms with Crippen molar-refractivity contribution in [3.05, 3.63) is 83.3 Å². The molecule has 0 bridgehead atoms. The van der Waals surface area contributed by atoms with E-state index in [9.17, 15) is 59.4 Å². The molecule has 0 radical (unpaired) electrons. The number of rotatable bonds is 19. The molecule has 2 heterocycles. The predicted molar refractivity (Wildman–Crippen MR) is 230 cm³/mol. The maximum Gasteiger partial charge on any atom is 0.412 e. The topological polar surface area (TPSA) is 438 Å². The molecule has 2 aliphatic heterocycles. The van der Waals surface area contributed by atoms with Gasteiger partial charge < -0.3 is 83.2 Å². The molecular formula is C40H52N10O16. The number of amides is 4. The van der Waals surface area contributed by atoms with Gasteiger partial charge in [0.1, 0.15) is 12.2 Å². The first kappa shape index (κ1) is 51.0. The second-order valence-corrected chi connectivity index (χ2v) is 14.8. The van der Waals surface area contributed by atoms with Gasteiger partial charge in [0, 0.05) is 25.2 Å². The van der Waals surface area contributed by atoms with E-state index in [0.29, 0.717) is 12.8 Å². The van der Waals surface area contributed by atoms with Crippen LogP contribution in [0.25, 0.3) is 0 Å². The molecule has 0 saturated heterocycles. The fourth-order valence-electron chi connectivity index (χ4n) is 6.87. The molecule has 0 aromatic heterocycles. The van der Waals surface area contributed by atoms with Crippen LogP contribution in [-0.4, -0.2) is 153 Å². The Morgan fingerprint density at radius 2 is 0.955 bits per heavy atom. The number of benzene rings is 2. The Balaban J connectivity index is 1.39. The number of ether oxygens (including phenoxy) is 4. The molecule has 0 saturated carbocycles. The van der Waals surface area contributed by atoms with Crippen LogP contribution in [0.15, 0.2) is 82.2 Å². The third-order valence-electron chi connectivity index (χ3n) is 9.74. The van der Waals surface area contributed by atoms with Crippen molar-refractivity contribution in [2.75, 3.05) is 23.8 Å². The Morgan fingerprint density at radius 3 is 1.23 bits per heavy atom. The van der Waals surface area contributed by atoms with Gasteiger partial charge in [-0.05, 0) is 60.4 Å². The van der Waals surface area contributed by atoms with Gasteiger partial charge in [-0.3, -0.25) is 20.2 Å². The first-order valence-electron chi connectivity index (χ1n) is 19.9. The fraction of sp³-hybridized carbons (Fsp3) is 0.400. The summed E-state index contributed by atoms with van der Waals surface area (Å²) in [6.07, 6.45) is -9.56. The number of nitrogens with two attached hydrogens (primary N) is 4. The van der Waals surface area contributed by atoms with Crippen LogP contribution < -0.4 is 44.2 Å². The zero-order valence-corrected chi connectivity index (χ0v) is 35.3. The highest BCUT2D eigenvalue weighted by molar-refractivity contribution is 5.87. The zero-order chi connectivity index (χ0) is 48.8. The SMILES string of the molecule is CC(=O)N[C@H]1[C@H]([C@H](OC(=O)Nc2ccc(CCc3ccc(NC(=O)O[C@@H]([C@@H]4OC(C(=O)O)=C[C@H](N=C(N)N)[C@H]4NC(C)=O)[C@H](O)CO)cc3)cc2)[C@H](O)CO)OC(C(=O)O)=C[C@@H]1N=C(N)N. The third kappa shape index (κ3) is 14.4. The molecular weight excluding hydrogens is 876 g/mol. The molecule has 26 heteroatoms. The highest BCUT2D eigenvalue weighted by Gasteiger charge is 2.48. The minimum atomic E-state index is -1.82.